The monoisotopic (exact) mass is 468 g/mol. The van der Waals surface area contributed by atoms with Crippen LogP contribution in [0.3, 0.4) is 0 Å². The Morgan fingerprint density at radius 3 is 1.80 bits per heavy atom. The molecule has 3 heterocycles. The van der Waals surface area contributed by atoms with E-state index in [-0.39, 0.29) is 24.9 Å². The molecule has 0 aliphatic carbocycles. The van der Waals surface area contributed by atoms with Gasteiger partial charge in [0.25, 0.3) is 5.56 Å². The first-order valence-electron chi connectivity index (χ1n) is 11.6. The Labute approximate surface area is 201 Å². The fraction of sp³-hybridized carbons (Fsp3) is 0.214. The van der Waals surface area contributed by atoms with Gasteiger partial charge < -0.3 is 14.2 Å². The highest BCUT2D eigenvalue weighted by atomic mass is 16.7. The molecule has 7 heteroatoms. The summed E-state index contributed by atoms with van der Waals surface area (Å²) in [6.45, 7) is 0.244. The number of H-pyrrole nitrogens is 1. The smallest absolute Gasteiger partial charge is 0.330 e. The van der Waals surface area contributed by atoms with Crippen LogP contribution in [0.25, 0.3) is 0 Å². The SMILES string of the molecule is O=c1ccn([C@@H]2O[C@H](COC(c3ccccc3)(c3ccccc3)c3ccccc3)[C@H]3O[C@@H]32)c(=O)[nH]1. The van der Waals surface area contributed by atoms with Crippen LogP contribution in [-0.4, -0.2) is 34.5 Å². The van der Waals surface area contributed by atoms with Gasteiger partial charge in [-0.1, -0.05) is 91.0 Å². The molecule has 0 amide bonds. The van der Waals surface area contributed by atoms with E-state index in [2.05, 4.69) is 41.4 Å². The van der Waals surface area contributed by atoms with Gasteiger partial charge in [0.05, 0.1) is 6.61 Å². The lowest BCUT2D eigenvalue weighted by Gasteiger charge is -2.37. The molecule has 0 saturated carbocycles. The van der Waals surface area contributed by atoms with E-state index in [0.717, 1.165) is 16.7 Å². The van der Waals surface area contributed by atoms with Crippen molar-refractivity contribution in [1.82, 2.24) is 9.55 Å². The molecule has 0 bridgehead atoms. The minimum absolute atomic E-state index is 0.182. The van der Waals surface area contributed by atoms with Crippen LogP contribution >= 0.6 is 0 Å². The quantitative estimate of drug-likeness (QED) is 0.333. The van der Waals surface area contributed by atoms with Crippen molar-refractivity contribution in [2.45, 2.75) is 30.1 Å². The van der Waals surface area contributed by atoms with Gasteiger partial charge in [0.1, 0.15) is 23.9 Å². The molecule has 7 nitrogen and oxygen atoms in total. The number of benzene rings is 3. The zero-order valence-corrected chi connectivity index (χ0v) is 18.8. The van der Waals surface area contributed by atoms with Gasteiger partial charge in [-0.15, -0.1) is 0 Å². The Morgan fingerprint density at radius 2 is 1.29 bits per heavy atom. The largest absolute Gasteiger partial charge is 0.362 e. The second kappa shape index (κ2) is 8.78. The van der Waals surface area contributed by atoms with Crippen LogP contribution in [0.5, 0.6) is 0 Å². The molecule has 0 spiro atoms. The van der Waals surface area contributed by atoms with Gasteiger partial charge in [-0.25, -0.2) is 4.79 Å². The number of nitrogens with zero attached hydrogens (tertiary/aromatic N) is 1. The molecule has 2 aliphatic heterocycles. The van der Waals surface area contributed by atoms with Gasteiger partial charge >= 0.3 is 5.69 Å². The molecular weight excluding hydrogens is 444 g/mol. The predicted molar refractivity (Wildman–Crippen MR) is 129 cm³/mol. The number of hydrogen-bond donors (Lipinski definition) is 1. The number of rotatable bonds is 7. The minimum atomic E-state index is -0.871. The molecule has 3 aromatic carbocycles. The highest BCUT2D eigenvalue weighted by Gasteiger charge is 2.59. The van der Waals surface area contributed by atoms with Gasteiger partial charge in [0, 0.05) is 12.3 Å². The van der Waals surface area contributed by atoms with E-state index in [1.54, 1.807) is 0 Å². The van der Waals surface area contributed by atoms with Crippen molar-refractivity contribution in [3.8, 4) is 0 Å². The summed E-state index contributed by atoms with van der Waals surface area (Å²) in [5.74, 6) is 0. The van der Waals surface area contributed by atoms with Gasteiger partial charge in [0.15, 0.2) is 6.23 Å². The summed E-state index contributed by atoms with van der Waals surface area (Å²) in [7, 11) is 0. The van der Waals surface area contributed by atoms with Crippen LogP contribution in [-0.2, 0) is 19.8 Å². The summed E-state index contributed by atoms with van der Waals surface area (Å²) in [4.78, 5) is 26.1. The molecule has 2 saturated heterocycles. The second-order valence-corrected chi connectivity index (χ2v) is 8.74. The van der Waals surface area contributed by atoms with E-state index in [9.17, 15) is 9.59 Å². The van der Waals surface area contributed by atoms with Crippen molar-refractivity contribution in [3.63, 3.8) is 0 Å². The summed E-state index contributed by atoms with van der Waals surface area (Å²) in [6.07, 6.45) is 0.0122. The Kier molecular flexibility index (Phi) is 5.45. The molecule has 4 atom stereocenters. The Hall–Kier alpha value is -3.78. The summed E-state index contributed by atoms with van der Waals surface area (Å²) in [5.41, 5.74) is 1.15. The van der Waals surface area contributed by atoms with Gasteiger partial charge in [-0.05, 0) is 16.7 Å². The highest BCUT2D eigenvalue weighted by molar-refractivity contribution is 5.47. The van der Waals surface area contributed by atoms with E-state index < -0.39 is 23.1 Å². The molecule has 0 unspecified atom stereocenters. The maximum atomic E-state index is 12.3. The van der Waals surface area contributed by atoms with E-state index in [1.165, 1.54) is 16.8 Å². The molecule has 1 aromatic heterocycles. The number of epoxide rings is 1. The third kappa shape index (κ3) is 3.83. The second-order valence-electron chi connectivity index (χ2n) is 8.74. The molecule has 4 aromatic rings. The molecule has 6 rings (SSSR count). The summed E-state index contributed by atoms with van der Waals surface area (Å²) < 4.78 is 20.3. The van der Waals surface area contributed by atoms with Crippen LogP contribution in [0.15, 0.2) is 113 Å². The number of aromatic nitrogens is 2. The van der Waals surface area contributed by atoms with E-state index in [4.69, 9.17) is 14.2 Å². The van der Waals surface area contributed by atoms with Gasteiger partial charge in [-0.2, -0.15) is 0 Å². The topological polar surface area (TPSA) is 85.8 Å². The van der Waals surface area contributed by atoms with Crippen molar-refractivity contribution in [3.05, 3.63) is 141 Å². The lowest BCUT2D eigenvalue weighted by molar-refractivity contribution is -0.117. The average molecular weight is 469 g/mol. The maximum absolute atomic E-state index is 12.3. The van der Waals surface area contributed by atoms with Crippen molar-refractivity contribution >= 4 is 0 Å². The maximum Gasteiger partial charge on any atom is 0.330 e. The van der Waals surface area contributed by atoms with Crippen LogP contribution < -0.4 is 11.2 Å². The lowest BCUT2D eigenvalue weighted by Crippen LogP contribution is -2.38. The van der Waals surface area contributed by atoms with Crippen LogP contribution in [0, 0.1) is 0 Å². The van der Waals surface area contributed by atoms with E-state index in [1.807, 2.05) is 54.6 Å². The van der Waals surface area contributed by atoms with Crippen LogP contribution in [0.2, 0.25) is 0 Å². The third-order valence-corrected chi connectivity index (χ3v) is 6.65. The molecule has 0 radical (unpaired) electrons. The first kappa shape index (κ1) is 21.7. The molecule has 35 heavy (non-hydrogen) atoms. The molecular formula is C28H24N2O5. The summed E-state index contributed by atoms with van der Waals surface area (Å²) in [6, 6.07) is 31.7. The fourth-order valence-electron chi connectivity index (χ4n) is 4.96. The van der Waals surface area contributed by atoms with Crippen molar-refractivity contribution in [1.29, 1.82) is 0 Å². The number of fused-ring (bicyclic) bond motifs is 1. The first-order valence-corrected chi connectivity index (χ1v) is 11.6. The van der Waals surface area contributed by atoms with E-state index >= 15 is 0 Å². The third-order valence-electron chi connectivity index (χ3n) is 6.65. The minimum Gasteiger partial charge on any atom is -0.362 e. The number of hydrogen-bond acceptors (Lipinski definition) is 5. The Balaban J connectivity index is 1.36. The zero-order chi connectivity index (χ0) is 23.8. The van der Waals surface area contributed by atoms with Crippen molar-refractivity contribution < 1.29 is 14.2 Å². The van der Waals surface area contributed by atoms with Crippen molar-refractivity contribution in [2.75, 3.05) is 6.61 Å². The normalized spacial score (nSPS) is 23.1. The first-order chi connectivity index (χ1) is 17.2. The fourth-order valence-corrected chi connectivity index (χ4v) is 4.96. The standard InChI is InChI=1S/C28H24N2O5/c31-23-16-17-30(27(32)29-23)26-25-24(35-25)22(34-26)18-33-28(19-10-4-1-5-11-19,20-12-6-2-7-13-20)21-14-8-3-9-15-21/h1-17,22,24-26H,18H2,(H,29,31,32)/t22-,24-,25+,26-/m1/s1. The molecule has 176 valence electrons. The Morgan fingerprint density at radius 1 is 0.743 bits per heavy atom. The zero-order valence-electron chi connectivity index (χ0n) is 18.8. The number of ether oxygens (including phenoxy) is 3. The molecule has 2 fully saturated rings. The lowest BCUT2D eigenvalue weighted by atomic mass is 9.80. The highest BCUT2D eigenvalue weighted by Crippen LogP contribution is 2.46. The predicted octanol–water partition coefficient (Wildman–Crippen LogP) is 3.21. The number of aromatic amines is 1. The number of nitrogens with one attached hydrogen (secondary N) is 1. The average Bonchev–Trinajstić information content (AvgIpc) is 3.62. The van der Waals surface area contributed by atoms with Crippen LogP contribution in [0.4, 0.5) is 0 Å². The molecule has 2 aliphatic rings. The van der Waals surface area contributed by atoms with Crippen LogP contribution in [0.1, 0.15) is 22.9 Å². The summed E-state index contributed by atoms with van der Waals surface area (Å²) in [5, 5.41) is 0. The molecule has 1 N–H and O–H groups in total. The van der Waals surface area contributed by atoms with Gasteiger partial charge in [0.2, 0.25) is 0 Å². The van der Waals surface area contributed by atoms with E-state index in [0.29, 0.717) is 0 Å². The van der Waals surface area contributed by atoms with Crippen molar-refractivity contribution in [2.24, 2.45) is 0 Å². The van der Waals surface area contributed by atoms with Gasteiger partial charge in [-0.3, -0.25) is 14.3 Å². The Bertz CT molecular complexity index is 1320. The summed E-state index contributed by atoms with van der Waals surface area (Å²) >= 11 is 0.